The van der Waals surface area contributed by atoms with Crippen molar-refractivity contribution in [1.82, 2.24) is 9.55 Å². The van der Waals surface area contributed by atoms with Crippen molar-refractivity contribution in [3.63, 3.8) is 0 Å². The summed E-state index contributed by atoms with van der Waals surface area (Å²) in [6, 6.07) is 41.1. The third kappa shape index (κ3) is 5.27. The quantitative estimate of drug-likeness (QED) is 0.0742. The molecule has 226 valence electrons. The van der Waals surface area contributed by atoms with Crippen molar-refractivity contribution < 1.29 is 22.0 Å². The van der Waals surface area contributed by atoms with E-state index in [1.807, 2.05) is 103 Å². The number of nitrogens with zero attached hydrogens (tertiary/aromatic N) is 2. The lowest BCUT2D eigenvalue weighted by atomic mass is 10.0. The number of hydrogen-bond donors (Lipinski definition) is 0. The Balaban J connectivity index is 1.54. The second-order valence-corrected chi connectivity index (χ2v) is 12.9. The standard InChI is InChI=1S/C38H24F5N2P/c39-33-29(34(40)36(42)37(43)35(33)41)22-45-23-30(25-13-4-1-5-14-25)44-38(45)32-28-19-11-10-12-24(28)20-21-31(32)46(26-15-6-2-7-16-26)27-17-8-3-9-18-27/h1-21,23H,22H2. The molecule has 0 bridgehead atoms. The Labute approximate surface area is 263 Å². The average molecular weight is 635 g/mol. The summed E-state index contributed by atoms with van der Waals surface area (Å²) in [6.07, 6.45) is 1.60. The van der Waals surface area contributed by atoms with Crippen LogP contribution in [-0.4, -0.2) is 9.55 Å². The van der Waals surface area contributed by atoms with Gasteiger partial charge in [-0.15, -0.1) is 0 Å². The summed E-state index contributed by atoms with van der Waals surface area (Å²) in [5.41, 5.74) is 0.991. The third-order valence-electron chi connectivity index (χ3n) is 7.88. The molecule has 0 amide bonds. The van der Waals surface area contributed by atoms with Gasteiger partial charge in [-0.3, -0.25) is 0 Å². The fourth-order valence-corrected chi connectivity index (χ4v) is 8.17. The molecule has 0 aliphatic carbocycles. The first-order valence-corrected chi connectivity index (χ1v) is 15.8. The zero-order valence-corrected chi connectivity index (χ0v) is 25.0. The molecule has 7 aromatic rings. The van der Waals surface area contributed by atoms with Gasteiger partial charge in [0, 0.05) is 22.9 Å². The molecule has 0 spiro atoms. The first kappa shape index (κ1) is 29.6. The summed E-state index contributed by atoms with van der Waals surface area (Å²) in [5, 5.41) is 4.81. The van der Waals surface area contributed by atoms with E-state index in [4.69, 9.17) is 4.98 Å². The molecule has 0 fully saturated rings. The van der Waals surface area contributed by atoms with Crippen LogP contribution < -0.4 is 15.9 Å². The van der Waals surface area contributed by atoms with Crippen molar-refractivity contribution in [3.8, 4) is 22.6 Å². The van der Waals surface area contributed by atoms with Crippen molar-refractivity contribution in [2.24, 2.45) is 0 Å². The largest absolute Gasteiger partial charge is 0.326 e. The minimum Gasteiger partial charge on any atom is -0.326 e. The van der Waals surface area contributed by atoms with Crippen LogP contribution >= 0.6 is 7.92 Å². The van der Waals surface area contributed by atoms with Gasteiger partial charge in [-0.05, 0) is 34.6 Å². The predicted octanol–water partition coefficient (Wildman–Crippen LogP) is 8.87. The highest BCUT2D eigenvalue weighted by molar-refractivity contribution is 7.80. The van der Waals surface area contributed by atoms with E-state index in [0.29, 0.717) is 17.1 Å². The highest BCUT2D eigenvalue weighted by Crippen LogP contribution is 2.41. The van der Waals surface area contributed by atoms with Crippen molar-refractivity contribution in [2.75, 3.05) is 0 Å². The Hall–Kier alpha value is -5.13. The summed E-state index contributed by atoms with van der Waals surface area (Å²) >= 11 is 0. The van der Waals surface area contributed by atoms with Crippen LogP contribution in [0.25, 0.3) is 33.4 Å². The zero-order chi connectivity index (χ0) is 31.8. The Bertz CT molecular complexity index is 2120. The molecule has 0 unspecified atom stereocenters. The Morgan fingerprint density at radius 1 is 0.543 bits per heavy atom. The summed E-state index contributed by atoms with van der Waals surface area (Å²) in [4.78, 5) is 5.02. The molecule has 0 N–H and O–H groups in total. The van der Waals surface area contributed by atoms with Crippen molar-refractivity contribution >= 4 is 34.6 Å². The summed E-state index contributed by atoms with van der Waals surface area (Å²) in [7, 11) is -1.18. The molecule has 0 aliphatic rings. The lowest BCUT2D eigenvalue weighted by molar-refractivity contribution is 0.368. The number of hydrogen-bond acceptors (Lipinski definition) is 1. The molecule has 8 heteroatoms. The van der Waals surface area contributed by atoms with E-state index < -0.39 is 49.1 Å². The minimum atomic E-state index is -2.19. The lowest BCUT2D eigenvalue weighted by Gasteiger charge is -2.24. The van der Waals surface area contributed by atoms with Crippen molar-refractivity contribution in [3.05, 3.63) is 168 Å². The predicted molar refractivity (Wildman–Crippen MR) is 175 cm³/mol. The number of imidazole rings is 1. The van der Waals surface area contributed by atoms with Gasteiger partial charge >= 0.3 is 0 Å². The fraction of sp³-hybridized carbons (Fsp3) is 0.0263. The van der Waals surface area contributed by atoms with E-state index in [9.17, 15) is 13.2 Å². The third-order valence-corrected chi connectivity index (χ3v) is 10.4. The number of fused-ring (bicyclic) bond motifs is 1. The van der Waals surface area contributed by atoms with Gasteiger partial charge in [0.05, 0.1) is 12.2 Å². The highest BCUT2D eigenvalue weighted by atomic mass is 31.1. The molecule has 0 atom stereocenters. The molecule has 0 saturated heterocycles. The molecule has 46 heavy (non-hydrogen) atoms. The lowest BCUT2D eigenvalue weighted by Crippen LogP contribution is -2.23. The Kier molecular flexibility index (Phi) is 7.93. The fourth-order valence-electron chi connectivity index (χ4n) is 5.71. The van der Waals surface area contributed by atoms with Crippen LogP contribution in [0.3, 0.4) is 0 Å². The molecule has 7 rings (SSSR count). The van der Waals surface area contributed by atoms with Gasteiger partial charge in [-0.2, -0.15) is 0 Å². The molecule has 2 nitrogen and oxygen atoms in total. The maximum absolute atomic E-state index is 15.1. The van der Waals surface area contributed by atoms with Gasteiger partial charge in [0.25, 0.3) is 0 Å². The van der Waals surface area contributed by atoms with E-state index in [-0.39, 0.29) is 0 Å². The molecule has 1 aromatic heterocycles. The summed E-state index contributed by atoms with van der Waals surface area (Å²) < 4.78 is 74.4. The van der Waals surface area contributed by atoms with Gasteiger partial charge in [0.15, 0.2) is 23.3 Å². The molecule has 1 heterocycles. The maximum Gasteiger partial charge on any atom is 0.200 e. The van der Waals surface area contributed by atoms with Gasteiger partial charge < -0.3 is 4.57 Å². The van der Waals surface area contributed by atoms with E-state index in [2.05, 4.69) is 24.3 Å². The summed E-state index contributed by atoms with van der Waals surface area (Å²) in [5.74, 6) is -9.56. The topological polar surface area (TPSA) is 17.8 Å². The SMILES string of the molecule is Fc1c(F)c(F)c(Cn2cc(-c3ccccc3)nc2-c2c(P(c3ccccc3)c3ccccc3)ccc3ccccc23)c(F)c1F. The molecular formula is C38H24F5N2P. The monoisotopic (exact) mass is 634 g/mol. The van der Waals surface area contributed by atoms with Gasteiger partial charge in [-0.25, -0.2) is 26.9 Å². The zero-order valence-electron chi connectivity index (χ0n) is 24.1. The van der Waals surface area contributed by atoms with Crippen molar-refractivity contribution in [2.45, 2.75) is 6.54 Å². The van der Waals surface area contributed by atoms with E-state index in [0.717, 1.165) is 32.2 Å². The number of rotatable bonds is 7. The molecule has 0 radical (unpaired) electrons. The van der Waals surface area contributed by atoms with Crippen LogP contribution in [0.5, 0.6) is 0 Å². The second-order valence-electron chi connectivity index (χ2n) is 10.7. The maximum atomic E-state index is 15.1. The van der Waals surface area contributed by atoms with E-state index >= 15 is 8.78 Å². The molecule has 6 aromatic carbocycles. The Morgan fingerprint density at radius 2 is 1.07 bits per heavy atom. The first-order chi connectivity index (χ1) is 22.4. The number of benzene rings is 6. The normalized spacial score (nSPS) is 11.4. The Morgan fingerprint density at radius 3 is 1.67 bits per heavy atom. The van der Waals surface area contributed by atoms with Crippen molar-refractivity contribution in [1.29, 1.82) is 0 Å². The van der Waals surface area contributed by atoms with Crippen LogP contribution in [0.2, 0.25) is 0 Å². The van der Waals surface area contributed by atoms with Crippen LogP contribution in [0.4, 0.5) is 22.0 Å². The highest BCUT2D eigenvalue weighted by Gasteiger charge is 2.29. The van der Waals surface area contributed by atoms with E-state index in [1.165, 1.54) is 4.57 Å². The van der Waals surface area contributed by atoms with Gasteiger partial charge in [-0.1, -0.05) is 127 Å². The van der Waals surface area contributed by atoms with Crippen LogP contribution in [0, 0.1) is 29.1 Å². The second kappa shape index (κ2) is 12.3. The number of halogens is 5. The van der Waals surface area contributed by atoms with Crippen LogP contribution in [0.1, 0.15) is 5.56 Å². The van der Waals surface area contributed by atoms with Crippen LogP contribution in [0.15, 0.2) is 134 Å². The van der Waals surface area contributed by atoms with Crippen LogP contribution in [-0.2, 0) is 6.54 Å². The van der Waals surface area contributed by atoms with Gasteiger partial charge in [0.2, 0.25) is 5.82 Å². The van der Waals surface area contributed by atoms with E-state index in [1.54, 1.807) is 6.20 Å². The minimum absolute atomic E-state index is 0.342. The summed E-state index contributed by atoms with van der Waals surface area (Å²) in [6.45, 7) is -0.641. The first-order valence-electron chi connectivity index (χ1n) is 14.5. The number of aromatic nitrogens is 2. The average Bonchev–Trinajstić information content (AvgIpc) is 3.53. The molecule has 0 saturated carbocycles. The van der Waals surface area contributed by atoms with Gasteiger partial charge in [0.1, 0.15) is 5.82 Å². The smallest absolute Gasteiger partial charge is 0.200 e. The molecular weight excluding hydrogens is 610 g/mol. The molecule has 0 aliphatic heterocycles.